The van der Waals surface area contributed by atoms with Crippen LogP contribution in [0.1, 0.15) is 26.3 Å². The van der Waals surface area contributed by atoms with Gasteiger partial charge in [0.05, 0.1) is 5.52 Å². The molecule has 1 aromatic carbocycles. The van der Waals surface area contributed by atoms with Crippen LogP contribution in [0, 0.1) is 9.12 Å². The van der Waals surface area contributed by atoms with Gasteiger partial charge < -0.3 is 0 Å². The number of fused-ring (bicyclic) bond motifs is 1. The van der Waals surface area contributed by atoms with E-state index < -0.39 is 0 Å². The molecular weight excluding hydrogens is 327 g/mol. The van der Waals surface area contributed by atoms with Crippen molar-refractivity contribution in [2.45, 2.75) is 27.2 Å². The van der Waals surface area contributed by atoms with Gasteiger partial charge in [0.25, 0.3) is 0 Å². The molecule has 1 aromatic heterocycles. The van der Waals surface area contributed by atoms with Gasteiger partial charge in [0, 0.05) is 5.39 Å². The van der Waals surface area contributed by atoms with Crippen LogP contribution in [0.3, 0.4) is 0 Å². The molecular formula is C13H15IN2O. The molecule has 0 bridgehead atoms. The van der Waals surface area contributed by atoms with Crippen LogP contribution in [-0.4, -0.2) is 10.2 Å². The molecule has 0 saturated heterocycles. The van der Waals surface area contributed by atoms with E-state index >= 15 is 0 Å². The SMILES string of the molecule is CC(C)(C)Cc1ccc2c(=O)c(I)n[nH]c2c1. The maximum atomic E-state index is 11.8. The molecule has 4 heteroatoms. The maximum Gasteiger partial charge on any atom is 0.221 e. The molecule has 0 aliphatic heterocycles. The van der Waals surface area contributed by atoms with Crippen LogP contribution >= 0.6 is 22.6 Å². The quantitative estimate of drug-likeness (QED) is 0.810. The van der Waals surface area contributed by atoms with Gasteiger partial charge in [-0.15, -0.1) is 0 Å². The lowest BCUT2D eigenvalue weighted by Gasteiger charge is -2.18. The third-order valence-electron chi connectivity index (χ3n) is 2.52. The van der Waals surface area contributed by atoms with Crippen molar-refractivity contribution in [3.63, 3.8) is 0 Å². The van der Waals surface area contributed by atoms with E-state index in [9.17, 15) is 4.79 Å². The summed E-state index contributed by atoms with van der Waals surface area (Å²) in [6.45, 7) is 6.60. The highest BCUT2D eigenvalue weighted by Crippen LogP contribution is 2.22. The van der Waals surface area contributed by atoms with Gasteiger partial charge in [-0.3, -0.25) is 9.89 Å². The minimum Gasteiger partial charge on any atom is -0.286 e. The van der Waals surface area contributed by atoms with Crippen molar-refractivity contribution in [1.82, 2.24) is 10.2 Å². The molecule has 1 heterocycles. The summed E-state index contributed by atoms with van der Waals surface area (Å²) in [6.07, 6.45) is 0.983. The Hall–Kier alpha value is -0.910. The second-order valence-electron chi connectivity index (χ2n) is 5.46. The number of rotatable bonds is 1. The molecule has 17 heavy (non-hydrogen) atoms. The molecule has 0 aliphatic rings. The van der Waals surface area contributed by atoms with Crippen LogP contribution in [0.4, 0.5) is 0 Å². The van der Waals surface area contributed by atoms with E-state index in [-0.39, 0.29) is 10.8 Å². The topological polar surface area (TPSA) is 45.8 Å². The zero-order chi connectivity index (χ0) is 12.6. The van der Waals surface area contributed by atoms with Crippen LogP contribution in [0.2, 0.25) is 0 Å². The fraction of sp³-hybridized carbons (Fsp3) is 0.385. The van der Waals surface area contributed by atoms with Gasteiger partial charge in [0.2, 0.25) is 5.43 Å². The van der Waals surface area contributed by atoms with Crippen LogP contribution in [0.25, 0.3) is 10.9 Å². The lowest BCUT2D eigenvalue weighted by atomic mass is 9.88. The van der Waals surface area contributed by atoms with E-state index in [1.54, 1.807) is 0 Å². The van der Waals surface area contributed by atoms with Gasteiger partial charge in [0.1, 0.15) is 0 Å². The van der Waals surface area contributed by atoms with Crippen LogP contribution in [0.15, 0.2) is 23.0 Å². The van der Waals surface area contributed by atoms with Gasteiger partial charge in [0.15, 0.2) is 3.70 Å². The minimum atomic E-state index is 0.00154. The van der Waals surface area contributed by atoms with Crippen molar-refractivity contribution in [2.75, 3.05) is 0 Å². The Balaban J connectivity index is 2.53. The standard InChI is InChI=1S/C13H15IN2O/c1-13(2,3)7-8-4-5-9-10(6-8)15-16-12(14)11(9)17/h4-6H,7H2,1-3H3,(H,15,17). The molecule has 1 N–H and O–H groups in total. The first-order valence-electron chi connectivity index (χ1n) is 5.54. The van der Waals surface area contributed by atoms with Gasteiger partial charge >= 0.3 is 0 Å². The molecule has 90 valence electrons. The molecule has 0 fully saturated rings. The van der Waals surface area contributed by atoms with Crippen molar-refractivity contribution in [3.05, 3.63) is 37.7 Å². The molecule has 2 rings (SSSR count). The van der Waals surface area contributed by atoms with E-state index in [0.29, 0.717) is 9.09 Å². The fourth-order valence-electron chi connectivity index (χ4n) is 1.88. The summed E-state index contributed by atoms with van der Waals surface area (Å²) in [6, 6.07) is 5.93. The molecule has 0 atom stereocenters. The summed E-state index contributed by atoms with van der Waals surface area (Å²) in [5, 5.41) is 7.63. The van der Waals surface area contributed by atoms with Gasteiger partial charge in [-0.1, -0.05) is 26.8 Å². The second-order valence-corrected chi connectivity index (χ2v) is 6.48. The van der Waals surface area contributed by atoms with Crippen LogP contribution in [0.5, 0.6) is 0 Å². The van der Waals surface area contributed by atoms with E-state index in [1.165, 1.54) is 5.56 Å². The highest BCUT2D eigenvalue weighted by Gasteiger charge is 2.12. The first-order chi connectivity index (χ1) is 7.87. The number of nitrogens with zero attached hydrogens (tertiary/aromatic N) is 1. The summed E-state index contributed by atoms with van der Waals surface area (Å²) in [7, 11) is 0. The predicted octanol–water partition coefficient (Wildman–Crippen LogP) is 3.12. The van der Waals surface area contributed by atoms with Crippen LogP contribution < -0.4 is 5.43 Å². The number of nitrogens with one attached hydrogen (secondary N) is 1. The number of aromatic amines is 1. The lowest BCUT2D eigenvalue weighted by molar-refractivity contribution is 0.411. The Morgan fingerprint density at radius 3 is 2.71 bits per heavy atom. The van der Waals surface area contributed by atoms with Crippen molar-refractivity contribution >= 4 is 33.5 Å². The Morgan fingerprint density at radius 1 is 1.35 bits per heavy atom. The van der Waals surface area contributed by atoms with E-state index in [0.717, 1.165) is 11.9 Å². The number of halogens is 1. The van der Waals surface area contributed by atoms with Gasteiger partial charge in [-0.05, 0) is 52.1 Å². The summed E-state index contributed by atoms with van der Waals surface area (Å²) in [5.74, 6) is 0. The predicted molar refractivity (Wildman–Crippen MR) is 78.2 cm³/mol. The Bertz CT molecular complexity index is 611. The van der Waals surface area contributed by atoms with Gasteiger partial charge in [-0.25, -0.2) is 0 Å². The third kappa shape index (κ3) is 2.86. The van der Waals surface area contributed by atoms with E-state index in [1.807, 2.05) is 40.8 Å². The summed E-state index contributed by atoms with van der Waals surface area (Å²) < 4.78 is 0.485. The highest BCUT2D eigenvalue weighted by atomic mass is 127. The van der Waals surface area contributed by atoms with E-state index in [2.05, 4.69) is 31.0 Å². The van der Waals surface area contributed by atoms with Crippen molar-refractivity contribution in [1.29, 1.82) is 0 Å². The average molecular weight is 342 g/mol. The Kier molecular flexibility index (Phi) is 3.25. The summed E-state index contributed by atoms with van der Waals surface area (Å²) in [5.41, 5.74) is 2.28. The number of hydrogen-bond acceptors (Lipinski definition) is 2. The fourth-order valence-corrected chi connectivity index (χ4v) is 2.29. The Labute approximate surface area is 114 Å². The maximum absolute atomic E-state index is 11.8. The molecule has 3 nitrogen and oxygen atoms in total. The zero-order valence-electron chi connectivity index (χ0n) is 10.2. The first kappa shape index (κ1) is 12.5. The smallest absolute Gasteiger partial charge is 0.221 e. The summed E-state index contributed by atoms with van der Waals surface area (Å²) in [4.78, 5) is 11.8. The van der Waals surface area contributed by atoms with E-state index in [4.69, 9.17) is 0 Å². The first-order valence-corrected chi connectivity index (χ1v) is 6.61. The molecule has 0 unspecified atom stereocenters. The summed E-state index contributed by atoms with van der Waals surface area (Å²) >= 11 is 1.95. The molecule has 0 aliphatic carbocycles. The molecule has 0 saturated carbocycles. The zero-order valence-corrected chi connectivity index (χ0v) is 12.3. The van der Waals surface area contributed by atoms with Gasteiger partial charge in [-0.2, -0.15) is 5.10 Å². The largest absolute Gasteiger partial charge is 0.286 e. The number of benzene rings is 1. The Morgan fingerprint density at radius 2 is 2.06 bits per heavy atom. The molecule has 0 radical (unpaired) electrons. The monoisotopic (exact) mass is 342 g/mol. The number of H-pyrrole nitrogens is 1. The number of hydrogen-bond donors (Lipinski definition) is 1. The average Bonchev–Trinajstić information content (AvgIpc) is 2.21. The minimum absolute atomic E-state index is 0.00154. The number of aromatic nitrogens is 2. The van der Waals surface area contributed by atoms with Crippen molar-refractivity contribution in [3.8, 4) is 0 Å². The molecule has 0 amide bonds. The van der Waals surface area contributed by atoms with Crippen molar-refractivity contribution in [2.24, 2.45) is 5.41 Å². The molecule has 2 aromatic rings. The highest BCUT2D eigenvalue weighted by molar-refractivity contribution is 14.1. The molecule has 0 spiro atoms. The normalized spacial score (nSPS) is 12.0. The second kappa shape index (κ2) is 4.40. The van der Waals surface area contributed by atoms with Crippen LogP contribution in [-0.2, 0) is 6.42 Å². The third-order valence-corrected chi connectivity index (χ3v) is 3.26. The van der Waals surface area contributed by atoms with Crippen molar-refractivity contribution < 1.29 is 0 Å². The lowest BCUT2D eigenvalue weighted by Crippen LogP contribution is -2.12.